The highest BCUT2D eigenvalue weighted by Gasteiger charge is 2.34. The molecule has 0 amide bonds. The van der Waals surface area contributed by atoms with E-state index in [1.807, 2.05) is 0 Å². The van der Waals surface area contributed by atoms with Gasteiger partial charge in [-0.25, -0.2) is 0 Å². The second-order valence-corrected chi connectivity index (χ2v) is 6.05. The van der Waals surface area contributed by atoms with Crippen molar-refractivity contribution in [2.45, 2.75) is 58.4 Å². The van der Waals surface area contributed by atoms with Crippen LogP contribution in [0, 0.1) is 19.8 Å². The molecule has 2 atom stereocenters. The minimum atomic E-state index is 0.0565. The zero-order chi connectivity index (χ0) is 12.5. The summed E-state index contributed by atoms with van der Waals surface area (Å²) in [6, 6.07) is 6.82. The number of nitrogens with two attached hydrogens (primary N) is 1. The van der Waals surface area contributed by atoms with Crippen molar-refractivity contribution in [3.05, 3.63) is 34.9 Å². The van der Waals surface area contributed by atoms with Crippen LogP contribution in [-0.2, 0) is 6.42 Å². The highest BCUT2D eigenvalue weighted by molar-refractivity contribution is 5.30. The summed E-state index contributed by atoms with van der Waals surface area (Å²) >= 11 is 0. The highest BCUT2D eigenvalue weighted by Crippen LogP contribution is 2.36. The van der Waals surface area contributed by atoms with E-state index in [4.69, 9.17) is 5.73 Å². The van der Waals surface area contributed by atoms with Crippen LogP contribution in [0.25, 0.3) is 0 Å². The molecule has 0 heterocycles. The molecule has 2 N–H and O–H groups in total. The molecule has 2 unspecified atom stereocenters. The molecule has 1 heteroatoms. The van der Waals surface area contributed by atoms with Crippen molar-refractivity contribution in [1.29, 1.82) is 0 Å². The SMILES string of the molecule is CCC1CCC(N)(Cc2cc(C)cc(C)c2)C1. The zero-order valence-electron chi connectivity index (χ0n) is 11.4. The molecule has 94 valence electrons. The fourth-order valence-corrected chi connectivity index (χ4v) is 3.36. The maximum absolute atomic E-state index is 6.56. The van der Waals surface area contributed by atoms with Crippen LogP contribution in [0.1, 0.15) is 49.3 Å². The predicted molar refractivity (Wildman–Crippen MR) is 74.2 cm³/mol. The van der Waals surface area contributed by atoms with Gasteiger partial charge in [-0.1, -0.05) is 42.7 Å². The summed E-state index contributed by atoms with van der Waals surface area (Å²) in [4.78, 5) is 0. The van der Waals surface area contributed by atoms with E-state index in [9.17, 15) is 0 Å². The fourth-order valence-electron chi connectivity index (χ4n) is 3.36. The average Bonchev–Trinajstić information content (AvgIpc) is 2.58. The van der Waals surface area contributed by atoms with Gasteiger partial charge >= 0.3 is 0 Å². The largest absolute Gasteiger partial charge is 0.325 e. The van der Waals surface area contributed by atoms with Crippen molar-refractivity contribution in [1.82, 2.24) is 0 Å². The predicted octanol–water partition coefficient (Wildman–Crippen LogP) is 3.75. The molecule has 1 aromatic rings. The number of hydrogen-bond donors (Lipinski definition) is 1. The van der Waals surface area contributed by atoms with E-state index in [0.29, 0.717) is 0 Å². The molecule has 2 rings (SSSR count). The summed E-state index contributed by atoms with van der Waals surface area (Å²) in [5.41, 5.74) is 10.7. The Morgan fingerprint density at radius 3 is 2.41 bits per heavy atom. The number of benzene rings is 1. The fraction of sp³-hybridized carbons (Fsp3) is 0.625. The van der Waals surface area contributed by atoms with Crippen molar-refractivity contribution >= 4 is 0 Å². The first kappa shape index (κ1) is 12.6. The Balaban J connectivity index is 2.10. The number of rotatable bonds is 3. The van der Waals surface area contributed by atoms with E-state index in [1.54, 1.807) is 0 Å². The van der Waals surface area contributed by atoms with Gasteiger partial charge in [-0.15, -0.1) is 0 Å². The Morgan fingerprint density at radius 2 is 1.88 bits per heavy atom. The molecule has 1 fully saturated rings. The maximum Gasteiger partial charge on any atom is 0.0197 e. The van der Waals surface area contributed by atoms with Crippen molar-refractivity contribution in [3.8, 4) is 0 Å². The molecular weight excluding hydrogens is 206 g/mol. The van der Waals surface area contributed by atoms with Crippen LogP contribution in [0.2, 0.25) is 0 Å². The van der Waals surface area contributed by atoms with Gasteiger partial charge in [0.15, 0.2) is 0 Å². The van der Waals surface area contributed by atoms with Gasteiger partial charge in [-0.3, -0.25) is 0 Å². The molecule has 0 spiro atoms. The summed E-state index contributed by atoms with van der Waals surface area (Å²) in [6.45, 7) is 6.62. The van der Waals surface area contributed by atoms with E-state index in [2.05, 4.69) is 39.0 Å². The minimum absolute atomic E-state index is 0.0565. The Kier molecular flexibility index (Phi) is 3.58. The Morgan fingerprint density at radius 1 is 1.24 bits per heavy atom. The summed E-state index contributed by atoms with van der Waals surface area (Å²) in [6.07, 6.45) is 6.05. The Bertz CT molecular complexity index is 376. The topological polar surface area (TPSA) is 26.0 Å². The van der Waals surface area contributed by atoms with E-state index in [0.717, 1.165) is 12.3 Å². The van der Waals surface area contributed by atoms with Crippen LogP contribution < -0.4 is 5.73 Å². The van der Waals surface area contributed by atoms with Gasteiger partial charge in [0.1, 0.15) is 0 Å². The molecule has 1 aromatic carbocycles. The van der Waals surface area contributed by atoms with Crippen molar-refractivity contribution in [2.24, 2.45) is 11.7 Å². The Labute approximate surface area is 105 Å². The first-order valence-electron chi connectivity index (χ1n) is 6.87. The summed E-state index contributed by atoms with van der Waals surface area (Å²) < 4.78 is 0. The molecular formula is C16H25N. The molecule has 0 aromatic heterocycles. The molecule has 0 radical (unpaired) electrons. The number of hydrogen-bond acceptors (Lipinski definition) is 1. The average molecular weight is 231 g/mol. The van der Waals surface area contributed by atoms with Crippen LogP contribution in [0.5, 0.6) is 0 Å². The third kappa shape index (κ3) is 3.10. The molecule has 1 aliphatic rings. The lowest BCUT2D eigenvalue weighted by Crippen LogP contribution is -2.39. The summed E-state index contributed by atoms with van der Waals surface area (Å²) in [5, 5.41) is 0. The first-order chi connectivity index (χ1) is 8.00. The third-order valence-electron chi connectivity index (χ3n) is 4.16. The molecule has 1 aliphatic carbocycles. The van der Waals surface area contributed by atoms with Crippen LogP contribution in [0.4, 0.5) is 0 Å². The van der Waals surface area contributed by atoms with Crippen molar-refractivity contribution in [2.75, 3.05) is 0 Å². The molecule has 0 saturated heterocycles. The van der Waals surface area contributed by atoms with E-state index < -0.39 is 0 Å². The number of aryl methyl sites for hydroxylation is 2. The second kappa shape index (κ2) is 4.81. The van der Waals surface area contributed by atoms with Crippen LogP contribution in [0.15, 0.2) is 18.2 Å². The van der Waals surface area contributed by atoms with Gasteiger partial charge in [0.2, 0.25) is 0 Å². The van der Waals surface area contributed by atoms with Crippen LogP contribution in [-0.4, -0.2) is 5.54 Å². The lowest BCUT2D eigenvalue weighted by atomic mass is 9.88. The monoisotopic (exact) mass is 231 g/mol. The molecule has 0 bridgehead atoms. The van der Waals surface area contributed by atoms with E-state index >= 15 is 0 Å². The molecule has 17 heavy (non-hydrogen) atoms. The lowest BCUT2D eigenvalue weighted by molar-refractivity contribution is 0.407. The summed E-state index contributed by atoms with van der Waals surface area (Å²) in [7, 11) is 0. The molecule has 1 nitrogen and oxygen atoms in total. The van der Waals surface area contributed by atoms with E-state index in [-0.39, 0.29) is 5.54 Å². The van der Waals surface area contributed by atoms with Crippen molar-refractivity contribution in [3.63, 3.8) is 0 Å². The standard InChI is InChI=1S/C16H25N/c1-4-14-5-6-16(17,10-14)11-15-8-12(2)7-13(3)9-15/h7-9,14H,4-6,10-11,17H2,1-3H3. The third-order valence-corrected chi connectivity index (χ3v) is 4.16. The highest BCUT2D eigenvalue weighted by atomic mass is 14.8. The quantitative estimate of drug-likeness (QED) is 0.842. The molecule has 0 aliphatic heterocycles. The lowest BCUT2D eigenvalue weighted by Gasteiger charge is -2.24. The first-order valence-corrected chi connectivity index (χ1v) is 6.87. The maximum atomic E-state index is 6.56. The van der Waals surface area contributed by atoms with Gasteiger partial charge in [-0.05, 0) is 51.0 Å². The van der Waals surface area contributed by atoms with Gasteiger partial charge in [0.05, 0.1) is 0 Å². The van der Waals surface area contributed by atoms with Crippen molar-refractivity contribution < 1.29 is 0 Å². The van der Waals surface area contributed by atoms with E-state index in [1.165, 1.54) is 42.4 Å². The molecule has 1 saturated carbocycles. The normalized spacial score (nSPS) is 28.6. The van der Waals surface area contributed by atoms with Crippen LogP contribution >= 0.6 is 0 Å². The van der Waals surface area contributed by atoms with Gasteiger partial charge in [0.25, 0.3) is 0 Å². The van der Waals surface area contributed by atoms with Gasteiger partial charge in [0, 0.05) is 5.54 Å². The second-order valence-electron chi connectivity index (χ2n) is 6.05. The van der Waals surface area contributed by atoms with Gasteiger partial charge < -0.3 is 5.73 Å². The summed E-state index contributed by atoms with van der Waals surface area (Å²) in [5.74, 6) is 0.853. The zero-order valence-corrected chi connectivity index (χ0v) is 11.4. The Hall–Kier alpha value is -0.820. The minimum Gasteiger partial charge on any atom is -0.325 e. The smallest absolute Gasteiger partial charge is 0.0197 e. The van der Waals surface area contributed by atoms with Gasteiger partial charge in [-0.2, -0.15) is 0 Å². The van der Waals surface area contributed by atoms with Crippen LogP contribution in [0.3, 0.4) is 0 Å².